The van der Waals surface area contributed by atoms with Crippen molar-refractivity contribution in [3.63, 3.8) is 0 Å². The first-order chi connectivity index (χ1) is 15.3. The third-order valence-corrected chi connectivity index (χ3v) is 8.08. The van der Waals surface area contributed by atoms with Crippen molar-refractivity contribution in [1.82, 2.24) is 0 Å². The summed E-state index contributed by atoms with van der Waals surface area (Å²) in [6.45, 7) is 3.85. The van der Waals surface area contributed by atoms with Gasteiger partial charge in [-0.2, -0.15) is 0 Å². The van der Waals surface area contributed by atoms with Crippen LogP contribution in [0.1, 0.15) is 18.1 Å². The van der Waals surface area contributed by atoms with E-state index >= 15 is 0 Å². The fourth-order valence-electron chi connectivity index (χ4n) is 4.26. The van der Waals surface area contributed by atoms with E-state index in [1.807, 2.05) is 37.3 Å². The van der Waals surface area contributed by atoms with Crippen LogP contribution in [0.5, 0.6) is 0 Å². The van der Waals surface area contributed by atoms with Crippen molar-refractivity contribution in [2.45, 2.75) is 43.0 Å². The summed E-state index contributed by atoms with van der Waals surface area (Å²) in [5.74, 6) is -1.10. The van der Waals surface area contributed by atoms with Gasteiger partial charge in [-0.25, -0.2) is 13.2 Å². The molecule has 8 heteroatoms. The molecule has 170 valence electrons. The van der Waals surface area contributed by atoms with Crippen LogP contribution in [0.3, 0.4) is 0 Å². The maximum absolute atomic E-state index is 13.7. The Hall–Kier alpha value is -2.68. The van der Waals surface area contributed by atoms with E-state index < -0.39 is 39.4 Å². The Morgan fingerprint density at radius 3 is 2.38 bits per heavy atom. The van der Waals surface area contributed by atoms with Gasteiger partial charge < -0.3 is 18.9 Å². The van der Waals surface area contributed by atoms with Gasteiger partial charge >= 0.3 is 5.97 Å². The second-order valence-corrected chi connectivity index (χ2v) is 10.1. The van der Waals surface area contributed by atoms with Crippen molar-refractivity contribution in [2.24, 2.45) is 5.92 Å². The van der Waals surface area contributed by atoms with Gasteiger partial charge in [-0.15, -0.1) is 0 Å². The monoisotopic (exact) mass is 458 g/mol. The number of allylic oxidation sites excluding steroid dienone is 1. The molecule has 2 aliphatic heterocycles. The van der Waals surface area contributed by atoms with Crippen LogP contribution in [0.4, 0.5) is 0 Å². The van der Waals surface area contributed by atoms with Gasteiger partial charge in [-0.1, -0.05) is 48.0 Å². The van der Waals surface area contributed by atoms with Crippen molar-refractivity contribution in [1.29, 1.82) is 0 Å². The molecule has 0 aliphatic carbocycles. The quantitative estimate of drug-likeness (QED) is 0.589. The van der Waals surface area contributed by atoms with E-state index in [4.69, 9.17) is 18.9 Å². The molecule has 1 saturated heterocycles. The number of sulfone groups is 1. The maximum atomic E-state index is 13.7. The molecular weight excluding hydrogens is 432 g/mol. The predicted molar refractivity (Wildman–Crippen MR) is 116 cm³/mol. The number of carbonyl (C=O) groups excluding carboxylic acids is 1. The largest absolute Gasteiger partial charge is 0.468 e. The Bertz CT molecular complexity index is 1110. The molecule has 0 spiro atoms. The van der Waals surface area contributed by atoms with Crippen LogP contribution in [0.15, 0.2) is 70.8 Å². The highest BCUT2D eigenvalue weighted by Crippen LogP contribution is 2.46. The first-order valence-corrected chi connectivity index (χ1v) is 11.9. The Balaban J connectivity index is 1.65. The van der Waals surface area contributed by atoms with Crippen molar-refractivity contribution in [3.05, 3.63) is 77.1 Å². The topological polar surface area (TPSA) is 88.1 Å². The minimum Gasteiger partial charge on any atom is -0.468 e. The number of ether oxygens (including phenoxy) is 4. The second kappa shape index (κ2) is 9.05. The number of hydrogen-bond acceptors (Lipinski definition) is 7. The van der Waals surface area contributed by atoms with Crippen LogP contribution in [0.2, 0.25) is 0 Å². The van der Waals surface area contributed by atoms with Gasteiger partial charge in [-0.05, 0) is 31.5 Å². The molecule has 0 amide bonds. The molecule has 0 radical (unpaired) electrons. The summed E-state index contributed by atoms with van der Waals surface area (Å²) in [7, 11) is -2.62. The number of esters is 1. The molecule has 2 aromatic rings. The summed E-state index contributed by atoms with van der Waals surface area (Å²) < 4.78 is 49.9. The molecule has 2 aliphatic rings. The van der Waals surface area contributed by atoms with Gasteiger partial charge in [0.05, 0.1) is 36.7 Å². The highest BCUT2D eigenvalue weighted by molar-refractivity contribution is 7.92. The van der Waals surface area contributed by atoms with Crippen molar-refractivity contribution in [3.8, 4) is 0 Å². The minimum atomic E-state index is -3.88. The molecule has 2 heterocycles. The molecule has 0 unspecified atom stereocenters. The number of fused-ring (bicyclic) bond motifs is 1. The van der Waals surface area contributed by atoms with Crippen LogP contribution in [-0.2, 0) is 40.2 Å². The van der Waals surface area contributed by atoms with Gasteiger partial charge in [0.2, 0.25) is 6.29 Å². The predicted octanol–water partition coefficient (Wildman–Crippen LogP) is 3.17. The SMILES string of the molecule is COC(=O)C1=C(C)O[C@H]2O[C@H](COCc3ccccc3)[C@H](S(=O)(=O)c3ccc(C)cc3)[C@@H]12. The molecule has 4 rings (SSSR count). The van der Waals surface area contributed by atoms with Gasteiger partial charge in [-0.3, -0.25) is 0 Å². The zero-order chi connectivity index (χ0) is 22.9. The lowest BCUT2D eigenvalue weighted by molar-refractivity contribution is -0.137. The summed E-state index contributed by atoms with van der Waals surface area (Å²) in [6.07, 6.45) is -1.70. The molecule has 0 N–H and O–H groups in total. The average molecular weight is 459 g/mol. The zero-order valence-electron chi connectivity index (χ0n) is 18.2. The highest BCUT2D eigenvalue weighted by atomic mass is 32.2. The lowest BCUT2D eigenvalue weighted by Crippen LogP contribution is -2.39. The highest BCUT2D eigenvalue weighted by Gasteiger charge is 2.59. The minimum absolute atomic E-state index is 0.0362. The van der Waals surface area contributed by atoms with Crippen molar-refractivity contribution in [2.75, 3.05) is 13.7 Å². The number of carbonyl (C=O) groups is 1. The third-order valence-electron chi connectivity index (χ3n) is 5.83. The van der Waals surface area contributed by atoms with Crippen LogP contribution >= 0.6 is 0 Å². The van der Waals surface area contributed by atoms with E-state index in [9.17, 15) is 13.2 Å². The normalized spacial score (nSPS) is 24.8. The molecule has 0 bridgehead atoms. The van der Waals surface area contributed by atoms with Gasteiger partial charge in [0.25, 0.3) is 0 Å². The Morgan fingerprint density at radius 2 is 1.72 bits per heavy atom. The van der Waals surface area contributed by atoms with Crippen LogP contribution in [0, 0.1) is 12.8 Å². The number of rotatable bonds is 7. The van der Waals surface area contributed by atoms with Crippen LogP contribution in [-0.4, -0.2) is 45.7 Å². The molecule has 4 atom stereocenters. The summed E-state index contributed by atoms with van der Waals surface area (Å²) in [6, 6.07) is 16.2. The standard InChI is InChI=1S/C24H26O7S/c1-15-9-11-18(12-10-15)32(26,27)22-19(14-29-13-17-7-5-4-6-8-17)31-24-21(22)20(16(2)30-24)23(25)28-3/h4-12,19,21-22,24H,13-14H2,1-3H3/t19-,21-,22+,24+/m1/s1. The van der Waals surface area contributed by atoms with Gasteiger partial charge in [0.15, 0.2) is 9.84 Å². The Kier molecular flexibility index (Phi) is 6.37. The summed E-state index contributed by atoms with van der Waals surface area (Å²) in [4.78, 5) is 12.7. The smallest absolute Gasteiger partial charge is 0.337 e. The number of hydrogen-bond donors (Lipinski definition) is 0. The second-order valence-electron chi connectivity index (χ2n) is 7.97. The zero-order valence-corrected chi connectivity index (χ0v) is 19.0. The first kappa shape index (κ1) is 22.5. The lowest BCUT2D eigenvalue weighted by Gasteiger charge is -2.23. The average Bonchev–Trinajstić information content (AvgIpc) is 3.28. The molecule has 32 heavy (non-hydrogen) atoms. The molecule has 1 fully saturated rings. The molecular formula is C24H26O7S. The fourth-order valence-corrected chi connectivity index (χ4v) is 6.29. The van der Waals surface area contributed by atoms with Gasteiger partial charge in [0, 0.05) is 0 Å². The van der Waals surface area contributed by atoms with E-state index in [0.717, 1.165) is 11.1 Å². The third kappa shape index (κ3) is 4.18. The van der Waals surface area contributed by atoms with E-state index in [1.54, 1.807) is 31.2 Å². The molecule has 0 saturated carbocycles. The van der Waals surface area contributed by atoms with Crippen LogP contribution < -0.4 is 0 Å². The van der Waals surface area contributed by atoms with E-state index in [-0.39, 0.29) is 17.1 Å². The maximum Gasteiger partial charge on any atom is 0.337 e. The summed E-state index contributed by atoms with van der Waals surface area (Å²) >= 11 is 0. The van der Waals surface area contributed by atoms with Gasteiger partial charge in [0.1, 0.15) is 17.1 Å². The molecule has 7 nitrogen and oxygen atoms in total. The lowest BCUT2D eigenvalue weighted by atomic mass is 9.95. The number of benzene rings is 2. The van der Waals surface area contributed by atoms with Crippen LogP contribution in [0.25, 0.3) is 0 Å². The number of aryl methyl sites for hydroxylation is 1. The first-order valence-electron chi connectivity index (χ1n) is 10.4. The molecule has 0 aromatic heterocycles. The Morgan fingerprint density at radius 1 is 1.03 bits per heavy atom. The van der Waals surface area contributed by atoms with E-state index in [0.29, 0.717) is 12.4 Å². The van der Waals surface area contributed by atoms with Crippen molar-refractivity contribution >= 4 is 15.8 Å². The summed E-state index contributed by atoms with van der Waals surface area (Å²) in [5, 5.41) is -1.06. The Labute approximate surface area is 187 Å². The number of methoxy groups -OCH3 is 1. The van der Waals surface area contributed by atoms with Crippen molar-refractivity contribution < 1.29 is 32.2 Å². The van der Waals surface area contributed by atoms with E-state index in [2.05, 4.69) is 0 Å². The van der Waals surface area contributed by atoms with E-state index in [1.165, 1.54) is 7.11 Å². The summed E-state index contributed by atoms with van der Waals surface area (Å²) in [5.41, 5.74) is 2.11. The molecule has 2 aromatic carbocycles. The fraction of sp³-hybridized carbons (Fsp3) is 0.375.